The lowest BCUT2D eigenvalue weighted by Gasteiger charge is -2.10. The maximum Gasteiger partial charge on any atom is 0.206 e. The average Bonchev–Trinajstić information content (AvgIpc) is 2.57. The summed E-state index contributed by atoms with van der Waals surface area (Å²) in [6.07, 6.45) is 0. The lowest BCUT2D eigenvalue weighted by atomic mass is 10.3. The van der Waals surface area contributed by atoms with Crippen LogP contribution in [0, 0.1) is 6.07 Å². The molecule has 0 spiro atoms. The van der Waals surface area contributed by atoms with Gasteiger partial charge in [0.2, 0.25) is 9.84 Å². The zero-order chi connectivity index (χ0) is 17.2. The first-order chi connectivity index (χ1) is 11.5. The fourth-order valence-electron chi connectivity index (χ4n) is 2.08. The molecule has 6 heteroatoms. The Morgan fingerprint density at radius 3 is 2.29 bits per heavy atom. The minimum atomic E-state index is -3.63. The highest BCUT2D eigenvalue weighted by Crippen LogP contribution is 2.33. The summed E-state index contributed by atoms with van der Waals surface area (Å²) in [6.45, 7) is 0. The molecule has 0 bridgehead atoms. The van der Waals surface area contributed by atoms with E-state index in [-0.39, 0.29) is 14.8 Å². The first-order valence-electron chi connectivity index (χ1n) is 6.91. The van der Waals surface area contributed by atoms with Crippen molar-refractivity contribution in [2.75, 3.05) is 0 Å². The van der Waals surface area contributed by atoms with Crippen LogP contribution in [-0.2, 0) is 9.84 Å². The zero-order valence-corrected chi connectivity index (χ0v) is 14.6. The van der Waals surface area contributed by atoms with Crippen LogP contribution in [-0.4, -0.2) is 8.42 Å². The second-order valence-corrected chi connectivity index (χ2v) is 7.69. The van der Waals surface area contributed by atoms with Gasteiger partial charge in [-0.2, -0.15) is 0 Å². The Morgan fingerprint density at radius 1 is 0.875 bits per heavy atom. The molecule has 3 rings (SSSR count). The third-order valence-corrected chi connectivity index (χ3v) is 5.50. The number of hydrogen-bond donors (Lipinski definition) is 0. The Morgan fingerprint density at radius 2 is 1.62 bits per heavy atom. The number of rotatable bonds is 4. The molecule has 0 atom stereocenters. The number of sulfone groups is 1. The molecule has 0 saturated heterocycles. The second kappa shape index (κ2) is 6.85. The van der Waals surface area contributed by atoms with Gasteiger partial charge in [0, 0.05) is 5.02 Å². The Labute approximate surface area is 150 Å². The van der Waals surface area contributed by atoms with Crippen LogP contribution in [0.15, 0.2) is 76.5 Å². The van der Waals surface area contributed by atoms with Crippen LogP contribution in [0.4, 0.5) is 0 Å². The summed E-state index contributed by atoms with van der Waals surface area (Å²) in [5.41, 5.74) is 0. The molecule has 121 valence electrons. The molecule has 0 aromatic heterocycles. The molecule has 0 fully saturated rings. The molecule has 0 saturated carbocycles. The smallest absolute Gasteiger partial charge is 0.206 e. The van der Waals surface area contributed by atoms with Crippen molar-refractivity contribution >= 4 is 33.0 Å². The SMILES string of the molecule is O=S(=O)(c1ccccc1)c1ccc(Oc2c[c]cc(Cl)c2)c(Cl)c1. The van der Waals surface area contributed by atoms with E-state index in [0.29, 0.717) is 16.5 Å². The third kappa shape index (κ3) is 3.56. The monoisotopic (exact) mass is 377 g/mol. The molecular formula is C18H11Cl2O3S. The maximum atomic E-state index is 12.6. The Bertz CT molecular complexity index is 971. The van der Waals surface area contributed by atoms with Gasteiger partial charge in [-0.25, -0.2) is 8.42 Å². The molecule has 3 aromatic carbocycles. The van der Waals surface area contributed by atoms with E-state index in [4.69, 9.17) is 27.9 Å². The quantitative estimate of drug-likeness (QED) is 0.609. The summed E-state index contributed by atoms with van der Waals surface area (Å²) in [5.74, 6) is 0.794. The van der Waals surface area contributed by atoms with Crippen LogP contribution in [0.1, 0.15) is 0 Å². The van der Waals surface area contributed by atoms with Crippen molar-refractivity contribution in [2.24, 2.45) is 0 Å². The Balaban J connectivity index is 1.93. The topological polar surface area (TPSA) is 43.4 Å². The second-order valence-electron chi connectivity index (χ2n) is 4.90. The number of halogens is 2. The van der Waals surface area contributed by atoms with E-state index in [1.807, 2.05) is 0 Å². The van der Waals surface area contributed by atoms with Gasteiger partial charge in [0.15, 0.2) is 0 Å². The molecule has 0 unspecified atom stereocenters. The van der Waals surface area contributed by atoms with Crippen LogP contribution in [0.2, 0.25) is 10.0 Å². The van der Waals surface area contributed by atoms with Crippen molar-refractivity contribution in [1.82, 2.24) is 0 Å². The number of hydrogen-bond acceptors (Lipinski definition) is 3. The summed E-state index contributed by atoms with van der Waals surface area (Å²) in [7, 11) is -3.63. The highest BCUT2D eigenvalue weighted by Gasteiger charge is 2.19. The molecule has 0 N–H and O–H groups in total. The lowest BCUT2D eigenvalue weighted by molar-refractivity contribution is 0.482. The Kier molecular flexibility index (Phi) is 4.81. The van der Waals surface area contributed by atoms with Crippen molar-refractivity contribution in [3.05, 3.63) is 82.8 Å². The molecule has 1 radical (unpaired) electrons. The van der Waals surface area contributed by atoms with Crippen LogP contribution in [0.5, 0.6) is 11.5 Å². The molecule has 3 aromatic rings. The molecule has 3 nitrogen and oxygen atoms in total. The first-order valence-corrected chi connectivity index (χ1v) is 9.15. The van der Waals surface area contributed by atoms with Gasteiger partial charge in [-0.3, -0.25) is 0 Å². The normalized spacial score (nSPS) is 11.2. The van der Waals surface area contributed by atoms with E-state index in [9.17, 15) is 8.42 Å². The summed E-state index contributed by atoms with van der Waals surface area (Å²) < 4.78 is 30.8. The molecule has 0 aliphatic carbocycles. The maximum absolute atomic E-state index is 12.6. The standard InChI is InChI=1S/C18H11Cl2O3S/c19-13-5-4-6-14(11-13)23-18-10-9-16(12-17(18)20)24(21,22)15-7-2-1-3-8-15/h1-3,5-12H. The van der Waals surface area contributed by atoms with Gasteiger partial charge >= 0.3 is 0 Å². The van der Waals surface area contributed by atoms with Gasteiger partial charge < -0.3 is 4.74 Å². The van der Waals surface area contributed by atoms with Crippen molar-refractivity contribution in [3.8, 4) is 11.5 Å². The average molecular weight is 378 g/mol. The highest BCUT2D eigenvalue weighted by atomic mass is 35.5. The largest absolute Gasteiger partial charge is 0.456 e. The minimum Gasteiger partial charge on any atom is -0.456 e. The van der Waals surface area contributed by atoms with E-state index >= 15 is 0 Å². The summed E-state index contributed by atoms with van der Waals surface area (Å²) in [5, 5.41) is 0.666. The van der Waals surface area contributed by atoms with Crippen molar-refractivity contribution in [3.63, 3.8) is 0 Å². The van der Waals surface area contributed by atoms with Crippen LogP contribution >= 0.6 is 23.2 Å². The molecule has 0 aliphatic rings. The fourth-order valence-corrected chi connectivity index (χ4v) is 3.84. The predicted octanol–water partition coefficient (Wildman–Crippen LogP) is 5.42. The third-order valence-electron chi connectivity index (χ3n) is 3.22. The van der Waals surface area contributed by atoms with Gasteiger partial charge in [0.05, 0.1) is 14.8 Å². The number of ether oxygens (including phenoxy) is 1. The predicted molar refractivity (Wildman–Crippen MR) is 93.7 cm³/mol. The van der Waals surface area contributed by atoms with Gasteiger partial charge in [-0.05, 0) is 54.6 Å². The fraction of sp³-hybridized carbons (Fsp3) is 0. The van der Waals surface area contributed by atoms with E-state index in [2.05, 4.69) is 6.07 Å². The summed E-state index contributed by atoms with van der Waals surface area (Å²) in [4.78, 5) is 0.308. The van der Waals surface area contributed by atoms with Crippen molar-refractivity contribution in [1.29, 1.82) is 0 Å². The lowest BCUT2D eigenvalue weighted by Crippen LogP contribution is -2.01. The molecule has 0 heterocycles. The van der Waals surface area contributed by atoms with Crippen LogP contribution < -0.4 is 4.74 Å². The van der Waals surface area contributed by atoms with Gasteiger partial charge in [-0.1, -0.05) is 41.4 Å². The number of benzene rings is 3. The van der Waals surface area contributed by atoms with E-state index in [0.717, 1.165) is 0 Å². The van der Waals surface area contributed by atoms with E-state index in [1.165, 1.54) is 30.3 Å². The van der Waals surface area contributed by atoms with Gasteiger partial charge in [0.1, 0.15) is 11.5 Å². The zero-order valence-electron chi connectivity index (χ0n) is 12.2. The van der Waals surface area contributed by atoms with E-state index in [1.54, 1.807) is 36.4 Å². The van der Waals surface area contributed by atoms with Gasteiger partial charge in [0.25, 0.3) is 0 Å². The van der Waals surface area contributed by atoms with Crippen LogP contribution in [0.3, 0.4) is 0 Å². The van der Waals surface area contributed by atoms with Gasteiger partial charge in [-0.15, -0.1) is 0 Å². The minimum absolute atomic E-state index is 0.101. The molecule has 0 amide bonds. The molecular weight excluding hydrogens is 367 g/mol. The van der Waals surface area contributed by atoms with Crippen molar-refractivity contribution in [2.45, 2.75) is 9.79 Å². The molecule has 0 aliphatic heterocycles. The summed E-state index contributed by atoms with van der Waals surface area (Å²) >= 11 is 12.1. The molecule has 24 heavy (non-hydrogen) atoms. The summed E-state index contributed by atoms with van der Waals surface area (Å²) in [6, 6.07) is 20.2. The highest BCUT2D eigenvalue weighted by molar-refractivity contribution is 7.91. The van der Waals surface area contributed by atoms with E-state index < -0.39 is 9.84 Å². The first kappa shape index (κ1) is 16.8. The van der Waals surface area contributed by atoms with Crippen LogP contribution in [0.25, 0.3) is 0 Å². The Hall–Kier alpha value is -2.01. The van der Waals surface area contributed by atoms with Crippen molar-refractivity contribution < 1.29 is 13.2 Å².